The van der Waals surface area contributed by atoms with Gasteiger partial charge in [0.25, 0.3) is 8.32 Å². The standard InChI is InChI=1S/C36H40N4O3Si/c1-36(2,44(42,27-12-5-3-6-13-27)28-14-7-4-8-15-28)22-26-21-33(43-34(26)23-41)31-19-20-32-35(37-24-38-40(31)32)39-30-18-17-25-11-9-10-16-29(25)30/h3-16,19-20,24,26,30,33-34,41-42H,17-18,21-23H2,1-2H3,(H,37,38,39)/t26-,30+,33-,34-/m1/s1. The first kappa shape index (κ1) is 28.9. The van der Waals surface area contributed by atoms with Crippen LogP contribution in [-0.4, -0.2) is 45.5 Å². The van der Waals surface area contributed by atoms with Crippen molar-refractivity contribution in [3.05, 3.63) is 120 Å². The maximum absolute atomic E-state index is 12.7. The van der Waals surface area contributed by atoms with Crippen molar-refractivity contribution in [3.8, 4) is 0 Å². The molecule has 3 N–H and O–H groups in total. The van der Waals surface area contributed by atoms with Gasteiger partial charge in [-0.3, -0.25) is 0 Å². The molecule has 3 aromatic carbocycles. The molecule has 8 heteroatoms. The molecule has 3 heterocycles. The molecule has 1 saturated heterocycles. The van der Waals surface area contributed by atoms with Gasteiger partial charge in [-0.25, -0.2) is 9.50 Å². The molecule has 2 aliphatic rings. The minimum Gasteiger partial charge on any atom is -0.424 e. The first-order valence-corrected chi connectivity index (χ1v) is 17.6. The summed E-state index contributed by atoms with van der Waals surface area (Å²) in [6.07, 6.45) is 4.59. The summed E-state index contributed by atoms with van der Waals surface area (Å²) in [5.74, 6) is 0.871. The van der Waals surface area contributed by atoms with E-state index in [2.05, 4.69) is 89.9 Å². The lowest BCUT2D eigenvalue weighted by molar-refractivity contribution is -0.00531. The summed E-state index contributed by atoms with van der Waals surface area (Å²) in [4.78, 5) is 17.3. The van der Waals surface area contributed by atoms with Gasteiger partial charge in [-0.1, -0.05) is 98.8 Å². The Kier molecular flexibility index (Phi) is 7.62. The van der Waals surface area contributed by atoms with Crippen molar-refractivity contribution in [1.29, 1.82) is 0 Å². The van der Waals surface area contributed by atoms with Crippen LogP contribution in [0, 0.1) is 5.92 Å². The third-order valence-corrected chi connectivity index (χ3v) is 14.5. The normalized spacial score (nSPS) is 21.9. The van der Waals surface area contributed by atoms with Crippen LogP contribution < -0.4 is 15.7 Å². The van der Waals surface area contributed by atoms with E-state index in [1.54, 1.807) is 6.33 Å². The Hall–Kier alpha value is -3.82. The van der Waals surface area contributed by atoms with E-state index in [1.807, 2.05) is 40.9 Å². The van der Waals surface area contributed by atoms with Crippen LogP contribution in [0.3, 0.4) is 0 Å². The molecule has 0 radical (unpaired) electrons. The molecule has 2 aromatic heterocycles. The van der Waals surface area contributed by atoms with Crippen molar-refractivity contribution in [2.75, 3.05) is 11.9 Å². The highest BCUT2D eigenvalue weighted by Crippen LogP contribution is 2.48. The van der Waals surface area contributed by atoms with Crippen molar-refractivity contribution < 1.29 is 14.6 Å². The quantitative estimate of drug-likeness (QED) is 0.201. The number of hydrogen-bond donors (Lipinski definition) is 3. The third kappa shape index (κ3) is 4.96. The van der Waals surface area contributed by atoms with Crippen molar-refractivity contribution in [3.63, 3.8) is 0 Å². The first-order valence-electron chi connectivity index (χ1n) is 15.7. The molecule has 1 aliphatic carbocycles. The molecule has 44 heavy (non-hydrogen) atoms. The van der Waals surface area contributed by atoms with Gasteiger partial charge in [-0.2, -0.15) is 5.10 Å². The Morgan fingerprint density at radius 1 is 0.932 bits per heavy atom. The average Bonchev–Trinajstić information content (AvgIpc) is 3.78. The molecule has 1 fully saturated rings. The summed E-state index contributed by atoms with van der Waals surface area (Å²) in [5.41, 5.74) is 4.59. The Morgan fingerprint density at radius 2 is 1.61 bits per heavy atom. The maximum atomic E-state index is 12.7. The fraction of sp³-hybridized carbons (Fsp3) is 0.333. The molecule has 226 valence electrons. The molecule has 1 aliphatic heterocycles. The van der Waals surface area contributed by atoms with E-state index in [1.165, 1.54) is 11.1 Å². The largest absolute Gasteiger partial charge is 0.424 e. The summed E-state index contributed by atoms with van der Waals surface area (Å²) in [6, 6.07) is 33.2. The smallest absolute Gasteiger partial charge is 0.258 e. The SMILES string of the molecule is CC(C)(C[C@H]1C[C@H](c2ccc3c(N[C@H]4CCc5ccccc54)ncnn23)O[C@@H]1CO)[Si](O)(c1ccccc1)c1ccccc1. The molecule has 0 spiro atoms. The minimum atomic E-state index is -3.19. The molecule has 0 unspecified atom stereocenters. The zero-order valence-corrected chi connectivity index (χ0v) is 26.3. The lowest BCUT2D eigenvalue weighted by Crippen LogP contribution is -2.65. The summed E-state index contributed by atoms with van der Waals surface area (Å²) < 4.78 is 8.48. The van der Waals surface area contributed by atoms with Crippen LogP contribution in [-0.2, 0) is 11.2 Å². The molecule has 5 aromatic rings. The van der Waals surface area contributed by atoms with Gasteiger partial charge in [0.05, 0.1) is 24.4 Å². The number of ether oxygens (including phenoxy) is 1. The van der Waals surface area contributed by atoms with Crippen LogP contribution in [0.1, 0.15) is 62.1 Å². The second kappa shape index (κ2) is 11.6. The molecule has 0 bridgehead atoms. The highest BCUT2D eigenvalue weighted by molar-refractivity contribution is 6.98. The minimum absolute atomic E-state index is 0.0615. The van der Waals surface area contributed by atoms with Gasteiger partial charge in [0.1, 0.15) is 17.9 Å². The number of aromatic nitrogens is 3. The maximum Gasteiger partial charge on any atom is 0.258 e. The number of hydrogen-bond acceptors (Lipinski definition) is 6. The molecule has 7 nitrogen and oxygen atoms in total. The van der Waals surface area contributed by atoms with Gasteiger partial charge in [0.15, 0.2) is 5.82 Å². The fourth-order valence-corrected chi connectivity index (χ4v) is 11.5. The van der Waals surface area contributed by atoms with Crippen molar-refractivity contribution in [2.24, 2.45) is 5.92 Å². The molecule has 0 saturated carbocycles. The molecular weight excluding hydrogens is 565 g/mol. The summed E-state index contributed by atoms with van der Waals surface area (Å²) in [6.45, 7) is 4.29. The average molecular weight is 605 g/mol. The first-order chi connectivity index (χ1) is 21.4. The Morgan fingerprint density at radius 3 is 2.32 bits per heavy atom. The predicted octanol–water partition coefficient (Wildman–Crippen LogP) is 5.19. The zero-order chi connectivity index (χ0) is 30.3. The second-order valence-corrected chi connectivity index (χ2v) is 16.9. The zero-order valence-electron chi connectivity index (χ0n) is 25.3. The monoisotopic (exact) mass is 604 g/mol. The van der Waals surface area contributed by atoms with E-state index in [-0.39, 0.29) is 30.8 Å². The van der Waals surface area contributed by atoms with Crippen LogP contribution in [0.5, 0.6) is 0 Å². The van der Waals surface area contributed by atoms with E-state index in [9.17, 15) is 9.90 Å². The van der Waals surface area contributed by atoms with Crippen molar-refractivity contribution in [1.82, 2.24) is 14.6 Å². The van der Waals surface area contributed by atoms with Gasteiger partial charge in [-0.05, 0) is 70.3 Å². The van der Waals surface area contributed by atoms with E-state index >= 15 is 0 Å². The number of nitrogens with zero attached hydrogens (tertiary/aromatic N) is 3. The van der Waals surface area contributed by atoms with Crippen molar-refractivity contribution in [2.45, 2.75) is 62.8 Å². The number of fused-ring (bicyclic) bond motifs is 2. The topological polar surface area (TPSA) is 91.9 Å². The lowest BCUT2D eigenvalue weighted by Gasteiger charge is -2.43. The van der Waals surface area contributed by atoms with Crippen LogP contribution in [0.25, 0.3) is 5.52 Å². The number of anilines is 1. The molecule has 7 rings (SSSR count). The van der Waals surface area contributed by atoms with E-state index < -0.39 is 13.4 Å². The number of nitrogens with one attached hydrogen (secondary N) is 1. The van der Waals surface area contributed by atoms with Crippen LogP contribution in [0.2, 0.25) is 5.04 Å². The molecule has 4 atom stereocenters. The van der Waals surface area contributed by atoms with Crippen LogP contribution in [0.15, 0.2) is 103 Å². The Balaban J connectivity index is 1.15. The van der Waals surface area contributed by atoms with Crippen LogP contribution in [0.4, 0.5) is 5.82 Å². The van der Waals surface area contributed by atoms with Gasteiger partial charge < -0.3 is 20.0 Å². The van der Waals surface area contributed by atoms with Gasteiger partial charge in [0.2, 0.25) is 0 Å². The Labute approximate surface area is 259 Å². The second-order valence-electron chi connectivity index (χ2n) is 13.0. The van der Waals surface area contributed by atoms with Crippen LogP contribution >= 0.6 is 0 Å². The predicted molar refractivity (Wildman–Crippen MR) is 176 cm³/mol. The fourth-order valence-electron chi connectivity index (χ4n) is 7.69. The summed E-state index contributed by atoms with van der Waals surface area (Å²) in [5, 5.41) is 20.3. The summed E-state index contributed by atoms with van der Waals surface area (Å²) in [7, 11) is -3.19. The highest BCUT2D eigenvalue weighted by Gasteiger charge is 2.52. The number of aryl methyl sites for hydroxylation is 1. The van der Waals surface area contributed by atoms with Gasteiger partial charge >= 0.3 is 0 Å². The number of aliphatic hydroxyl groups excluding tert-OH is 1. The van der Waals surface area contributed by atoms with E-state index in [4.69, 9.17) is 4.74 Å². The van der Waals surface area contributed by atoms with E-state index in [0.717, 1.165) is 46.7 Å². The van der Waals surface area contributed by atoms with Crippen molar-refractivity contribution >= 4 is 30.0 Å². The molecular formula is C36H40N4O3Si. The molecule has 0 amide bonds. The lowest BCUT2D eigenvalue weighted by atomic mass is 9.89. The third-order valence-electron chi connectivity index (χ3n) is 9.95. The van der Waals surface area contributed by atoms with E-state index in [0.29, 0.717) is 6.42 Å². The number of aliphatic hydroxyl groups is 1. The number of benzene rings is 3. The van der Waals surface area contributed by atoms with Gasteiger partial charge in [-0.15, -0.1) is 0 Å². The van der Waals surface area contributed by atoms with Gasteiger partial charge in [0, 0.05) is 0 Å². The number of rotatable bonds is 9. The Bertz CT molecular complexity index is 1700. The summed E-state index contributed by atoms with van der Waals surface area (Å²) >= 11 is 0. The highest BCUT2D eigenvalue weighted by atomic mass is 28.4.